The van der Waals surface area contributed by atoms with Crippen molar-refractivity contribution in [3.63, 3.8) is 0 Å². The fourth-order valence-corrected chi connectivity index (χ4v) is 2.28. The third kappa shape index (κ3) is 5.16. The van der Waals surface area contributed by atoms with Crippen LogP contribution < -0.4 is 15.5 Å². The molecule has 0 saturated carbocycles. The van der Waals surface area contributed by atoms with Gasteiger partial charge in [0.05, 0.1) is 13.2 Å². The minimum absolute atomic E-state index is 0.173. The van der Waals surface area contributed by atoms with E-state index < -0.39 is 0 Å². The maximum atomic E-state index is 11.8. The third-order valence-corrected chi connectivity index (χ3v) is 3.43. The van der Waals surface area contributed by atoms with Crippen LogP contribution in [0, 0.1) is 0 Å². The zero-order valence-electron chi connectivity index (χ0n) is 13.0. The van der Waals surface area contributed by atoms with Crippen molar-refractivity contribution >= 4 is 11.8 Å². The van der Waals surface area contributed by atoms with Crippen molar-refractivity contribution < 1.29 is 14.3 Å². The number of amides is 2. The first-order valence-electron chi connectivity index (χ1n) is 7.58. The van der Waals surface area contributed by atoms with Crippen LogP contribution in [0.5, 0.6) is 0 Å². The molecule has 2 rings (SSSR count). The first-order chi connectivity index (χ1) is 10.8. The molecule has 7 nitrogen and oxygen atoms in total. The van der Waals surface area contributed by atoms with Crippen molar-refractivity contribution in [2.45, 2.75) is 13.0 Å². The second-order valence-electron chi connectivity index (χ2n) is 5.04. The average molecular weight is 308 g/mol. The molecule has 0 radical (unpaired) electrons. The standard InChI is InChI=1S/C15H24N4O3/c1-21-9-3-6-17-15(20)18-12-13-4-2-5-16-14(13)19-7-10-22-11-8-19/h2,4-5H,3,6-12H2,1H3,(H2,17,18,20). The number of urea groups is 1. The predicted octanol–water partition coefficient (Wildman–Crippen LogP) is 0.754. The molecule has 2 N–H and O–H groups in total. The number of hydrogen-bond donors (Lipinski definition) is 2. The molecular weight excluding hydrogens is 284 g/mol. The molecule has 22 heavy (non-hydrogen) atoms. The summed E-state index contributed by atoms with van der Waals surface area (Å²) in [6, 6.07) is 3.70. The monoisotopic (exact) mass is 308 g/mol. The van der Waals surface area contributed by atoms with E-state index in [-0.39, 0.29) is 6.03 Å². The lowest BCUT2D eigenvalue weighted by Crippen LogP contribution is -2.39. The molecule has 2 heterocycles. The Morgan fingerprint density at radius 1 is 1.41 bits per heavy atom. The van der Waals surface area contributed by atoms with Crippen molar-refractivity contribution in [1.82, 2.24) is 15.6 Å². The zero-order chi connectivity index (χ0) is 15.6. The van der Waals surface area contributed by atoms with Gasteiger partial charge in [0.2, 0.25) is 0 Å². The minimum atomic E-state index is -0.173. The summed E-state index contributed by atoms with van der Waals surface area (Å²) in [5.41, 5.74) is 1.01. The highest BCUT2D eigenvalue weighted by molar-refractivity contribution is 5.74. The number of hydrogen-bond acceptors (Lipinski definition) is 5. The van der Waals surface area contributed by atoms with Crippen LogP contribution in [0.2, 0.25) is 0 Å². The Morgan fingerprint density at radius 2 is 2.23 bits per heavy atom. The van der Waals surface area contributed by atoms with Crippen molar-refractivity contribution in [2.75, 3.05) is 51.5 Å². The van der Waals surface area contributed by atoms with Crippen LogP contribution in [0.3, 0.4) is 0 Å². The summed E-state index contributed by atoms with van der Waals surface area (Å²) in [5, 5.41) is 5.67. The van der Waals surface area contributed by atoms with Crippen LogP contribution in [-0.2, 0) is 16.0 Å². The number of nitrogens with zero attached hydrogens (tertiary/aromatic N) is 2. The number of nitrogens with one attached hydrogen (secondary N) is 2. The number of aromatic nitrogens is 1. The Kier molecular flexibility index (Phi) is 6.92. The van der Waals surface area contributed by atoms with Gasteiger partial charge in [-0.05, 0) is 12.5 Å². The van der Waals surface area contributed by atoms with Gasteiger partial charge in [0, 0.05) is 51.7 Å². The SMILES string of the molecule is COCCCNC(=O)NCc1cccnc1N1CCOCC1. The van der Waals surface area contributed by atoms with Gasteiger partial charge in [-0.2, -0.15) is 0 Å². The van der Waals surface area contributed by atoms with E-state index in [1.54, 1.807) is 13.3 Å². The number of ether oxygens (including phenoxy) is 2. The highest BCUT2D eigenvalue weighted by Crippen LogP contribution is 2.18. The Balaban J connectivity index is 1.83. The molecule has 0 bridgehead atoms. The van der Waals surface area contributed by atoms with Gasteiger partial charge < -0.3 is 25.0 Å². The molecule has 1 aromatic rings. The average Bonchev–Trinajstić information content (AvgIpc) is 2.58. The van der Waals surface area contributed by atoms with Crippen LogP contribution in [-0.4, -0.2) is 57.6 Å². The number of pyridine rings is 1. The summed E-state index contributed by atoms with van der Waals surface area (Å²) in [4.78, 5) is 18.4. The molecule has 0 unspecified atom stereocenters. The largest absolute Gasteiger partial charge is 0.385 e. The van der Waals surface area contributed by atoms with Gasteiger partial charge >= 0.3 is 6.03 Å². The van der Waals surface area contributed by atoms with E-state index in [0.29, 0.717) is 32.9 Å². The van der Waals surface area contributed by atoms with Gasteiger partial charge in [-0.3, -0.25) is 0 Å². The summed E-state index contributed by atoms with van der Waals surface area (Å²) >= 11 is 0. The van der Waals surface area contributed by atoms with E-state index in [2.05, 4.69) is 20.5 Å². The molecule has 1 aliphatic heterocycles. The van der Waals surface area contributed by atoms with E-state index in [9.17, 15) is 4.79 Å². The summed E-state index contributed by atoms with van der Waals surface area (Å²) in [7, 11) is 1.65. The lowest BCUT2D eigenvalue weighted by atomic mass is 10.2. The maximum Gasteiger partial charge on any atom is 0.315 e. The first kappa shape index (κ1) is 16.5. The molecule has 1 aromatic heterocycles. The van der Waals surface area contributed by atoms with Crippen LogP contribution >= 0.6 is 0 Å². The fraction of sp³-hybridized carbons (Fsp3) is 0.600. The quantitative estimate of drug-likeness (QED) is 0.727. The lowest BCUT2D eigenvalue weighted by Gasteiger charge is -2.29. The van der Waals surface area contributed by atoms with E-state index in [1.165, 1.54) is 0 Å². The summed E-state index contributed by atoms with van der Waals surface area (Å²) in [6.45, 7) is 4.77. The fourth-order valence-electron chi connectivity index (χ4n) is 2.28. The summed E-state index contributed by atoms with van der Waals surface area (Å²) < 4.78 is 10.3. The molecular formula is C15H24N4O3. The number of morpholine rings is 1. The van der Waals surface area contributed by atoms with Crippen molar-refractivity contribution in [3.8, 4) is 0 Å². The van der Waals surface area contributed by atoms with Gasteiger partial charge in [0.1, 0.15) is 5.82 Å². The Bertz CT molecular complexity index is 464. The first-order valence-corrected chi connectivity index (χ1v) is 7.58. The highest BCUT2D eigenvalue weighted by atomic mass is 16.5. The van der Waals surface area contributed by atoms with Gasteiger partial charge in [-0.15, -0.1) is 0 Å². The second kappa shape index (κ2) is 9.22. The molecule has 2 amide bonds. The molecule has 1 fully saturated rings. The lowest BCUT2D eigenvalue weighted by molar-refractivity contribution is 0.122. The van der Waals surface area contributed by atoms with Crippen molar-refractivity contribution in [2.24, 2.45) is 0 Å². The van der Waals surface area contributed by atoms with E-state index >= 15 is 0 Å². The molecule has 1 aliphatic rings. The minimum Gasteiger partial charge on any atom is -0.385 e. The van der Waals surface area contributed by atoms with E-state index in [0.717, 1.165) is 30.9 Å². The van der Waals surface area contributed by atoms with Crippen molar-refractivity contribution in [3.05, 3.63) is 23.9 Å². The predicted molar refractivity (Wildman–Crippen MR) is 84.0 cm³/mol. The van der Waals surface area contributed by atoms with Crippen molar-refractivity contribution in [1.29, 1.82) is 0 Å². The van der Waals surface area contributed by atoms with Crippen LogP contribution in [0.4, 0.5) is 10.6 Å². The van der Waals surface area contributed by atoms with Gasteiger partial charge in [0.15, 0.2) is 0 Å². The second-order valence-corrected chi connectivity index (χ2v) is 5.04. The topological polar surface area (TPSA) is 75.7 Å². The van der Waals surface area contributed by atoms with Crippen LogP contribution in [0.15, 0.2) is 18.3 Å². The van der Waals surface area contributed by atoms with E-state index in [4.69, 9.17) is 9.47 Å². The van der Waals surface area contributed by atoms with Gasteiger partial charge in [0.25, 0.3) is 0 Å². The Morgan fingerprint density at radius 3 is 3.00 bits per heavy atom. The Hall–Kier alpha value is -1.86. The molecule has 0 spiro atoms. The molecule has 7 heteroatoms. The summed E-state index contributed by atoms with van der Waals surface area (Å²) in [6.07, 6.45) is 2.58. The molecule has 1 saturated heterocycles. The summed E-state index contributed by atoms with van der Waals surface area (Å²) in [5.74, 6) is 0.922. The molecule has 0 aromatic carbocycles. The number of methoxy groups -OCH3 is 1. The number of carbonyl (C=O) groups excluding carboxylic acids is 1. The van der Waals surface area contributed by atoms with E-state index in [1.807, 2.05) is 12.1 Å². The number of carbonyl (C=O) groups is 1. The van der Waals surface area contributed by atoms with Gasteiger partial charge in [-0.1, -0.05) is 6.07 Å². The zero-order valence-corrected chi connectivity index (χ0v) is 13.0. The van der Waals surface area contributed by atoms with Crippen LogP contribution in [0.25, 0.3) is 0 Å². The number of rotatable bonds is 7. The Labute approximate surface area is 131 Å². The maximum absolute atomic E-state index is 11.8. The van der Waals surface area contributed by atoms with Gasteiger partial charge in [-0.25, -0.2) is 9.78 Å². The third-order valence-electron chi connectivity index (χ3n) is 3.43. The molecule has 0 atom stereocenters. The number of anilines is 1. The molecule has 0 aliphatic carbocycles. The highest BCUT2D eigenvalue weighted by Gasteiger charge is 2.15. The molecule has 122 valence electrons. The van der Waals surface area contributed by atoms with Crippen LogP contribution in [0.1, 0.15) is 12.0 Å². The smallest absolute Gasteiger partial charge is 0.315 e. The normalized spacial score (nSPS) is 14.7.